The van der Waals surface area contributed by atoms with Crippen LogP contribution in [0.15, 0.2) is 46.0 Å². The Morgan fingerprint density at radius 1 is 1.40 bits per heavy atom. The van der Waals surface area contributed by atoms with Crippen LogP contribution in [-0.4, -0.2) is 30.3 Å². The van der Waals surface area contributed by atoms with Gasteiger partial charge in [0.2, 0.25) is 0 Å². The number of hydrogen-bond donors (Lipinski definition) is 1. The molecule has 0 aliphatic carbocycles. The largest absolute Gasteiger partial charge is 0.453 e. The molecule has 2 aromatic heterocycles. The highest BCUT2D eigenvalue weighted by molar-refractivity contribution is 7.99. The Labute approximate surface area is 121 Å². The van der Waals surface area contributed by atoms with Crippen molar-refractivity contribution in [3.63, 3.8) is 0 Å². The van der Waals surface area contributed by atoms with Crippen molar-refractivity contribution < 1.29 is 13.9 Å². The van der Waals surface area contributed by atoms with E-state index in [4.69, 9.17) is 9.15 Å². The average molecular weight is 292 g/mol. The van der Waals surface area contributed by atoms with Gasteiger partial charge in [0.05, 0.1) is 5.03 Å². The first-order chi connectivity index (χ1) is 9.79. The SMILES string of the molecule is COCc1ccc(C(=O)NCCSc2ccccn2)o1. The van der Waals surface area contributed by atoms with E-state index in [2.05, 4.69) is 10.3 Å². The van der Waals surface area contributed by atoms with Crippen molar-refractivity contribution in [2.24, 2.45) is 0 Å². The fourth-order valence-corrected chi connectivity index (χ4v) is 2.28. The van der Waals surface area contributed by atoms with Crippen LogP contribution in [0.2, 0.25) is 0 Å². The molecule has 2 rings (SSSR count). The number of methoxy groups -OCH3 is 1. The van der Waals surface area contributed by atoms with E-state index in [0.717, 1.165) is 10.8 Å². The molecule has 0 fully saturated rings. The van der Waals surface area contributed by atoms with E-state index in [0.29, 0.717) is 24.7 Å². The van der Waals surface area contributed by atoms with Gasteiger partial charge in [-0.05, 0) is 24.3 Å². The smallest absolute Gasteiger partial charge is 0.287 e. The summed E-state index contributed by atoms with van der Waals surface area (Å²) in [6, 6.07) is 9.14. The Bertz CT molecular complexity index is 542. The van der Waals surface area contributed by atoms with Crippen LogP contribution < -0.4 is 5.32 Å². The molecular weight excluding hydrogens is 276 g/mol. The Hall–Kier alpha value is -1.79. The second-order valence-corrected chi connectivity index (χ2v) is 5.09. The molecule has 0 spiro atoms. The summed E-state index contributed by atoms with van der Waals surface area (Å²) in [6.45, 7) is 0.920. The minimum atomic E-state index is -0.214. The van der Waals surface area contributed by atoms with Crippen molar-refractivity contribution in [2.75, 3.05) is 19.4 Å². The molecule has 0 aliphatic heterocycles. The van der Waals surface area contributed by atoms with Crippen LogP contribution in [-0.2, 0) is 11.3 Å². The quantitative estimate of drug-likeness (QED) is 0.627. The first kappa shape index (κ1) is 14.6. The van der Waals surface area contributed by atoms with Crippen molar-refractivity contribution in [2.45, 2.75) is 11.6 Å². The number of aromatic nitrogens is 1. The van der Waals surface area contributed by atoms with Crippen molar-refractivity contribution in [1.29, 1.82) is 0 Å². The summed E-state index contributed by atoms with van der Waals surface area (Å²) in [7, 11) is 1.58. The third kappa shape index (κ3) is 4.40. The monoisotopic (exact) mass is 292 g/mol. The minimum Gasteiger partial charge on any atom is -0.453 e. The van der Waals surface area contributed by atoms with Gasteiger partial charge < -0.3 is 14.5 Å². The number of pyridine rings is 1. The van der Waals surface area contributed by atoms with Gasteiger partial charge in [-0.3, -0.25) is 4.79 Å². The highest BCUT2D eigenvalue weighted by atomic mass is 32.2. The van der Waals surface area contributed by atoms with Crippen LogP contribution in [0.3, 0.4) is 0 Å². The summed E-state index contributed by atoms with van der Waals surface area (Å²) in [4.78, 5) is 16.0. The third-order valence-electron chi connectivity index (χ3n) is 2.45. The Kier molecular flexibility index (Phi) is 5.64. The van der Waals surface area contributed by atoms with E-state index >= 15 is 0 Å². The van der Waals surface area contributed by atoms with Crippen LogP contribution >= 0.6 is 11.8 Å². The summed E-state index contributed by atoms with van der Waals surface area (Å²) in [6.07, 6.45) is 1.75. The third-order valence-corrected chi connectivity index (χ3v) is 3.39. The van der Waals surface area contributed by atoms with Gasteiger partial charge >= 0.3 is 0 Å². The highest BCUT2D eigenvalue weighted by Gasteiger charge is 2.10. The van der Waals surface area contributed by atoms with E-state index < -0.39 is 0 Å². The zero-order valence-corrected chi connectivity index (χ0v) is 12.0. The van der Waals surface area contributed by atoms with E-state index in [1.807, 2.05) is 18.2 Å². The number of thioether (sulfide) groups is 1. The van der Waals surface area contributed by atoms with Crippen molar-refractivity contribution in [1.82, 2.24) is 10.3 Å². The molecule has 0 radical (unpaired) electrons. The zero-order chi connectivity index (χ0) is 14.2. The lowest BCUT2D eigenvalue weighted by atomic mass is 10.4. The zero-order valence-electron chi connectivity index (χ0n) is 11.2. The number of nitrogens with zero attached hydrogens (tertiary/aromatic N) is 1. The summed E-state index contributed by atoms with van der Waals surface area (Å²) >= 11 is 1.59. The molecule has 2 heterocycles. The second kappa shape index (κ2) is 7.72. The molecule has 0 aromatic carbocycles. The topological polar surface area (TPSA) is 64.4 Å². The lowest BCUT2D eigenvalue weighted by Crippen LogP contribution is -2.25. The molecule has 0 bridgehead atoms. The number of furan rings is 1. The Morgan fingerprint density at radius 2 is 2.30 bits per heavy atom. The Morgan fingerprint density at radius 3 is 3.05 bits per heavy atom. The van der Waals surface area contributed by atoms with Crippen LogP contribution in [0.5, 0.6) is 0 Å². The number of hydrogen-bond acceptors (Lipinski definition) is 5. The molecule has 0 unspecified atom stereocenters. The Balaban J connectivity index is 1.72. The molecule has 106 valence electrons. The van der Waals surface area contributed by atoms with Crippen molar-refractivity contribution in [3.8, 4) is 0 Å². The van der Waals surface area contributed by atoms with Crippen LogP contribution in [0.4, 0.5) is 0 Å². The molecule has 1 amide bonds. The maximum atomic E-state index is 11.8. The number of amides is 1. The number of carbonyl (C=O) groups is 1. The number of rotatable bonds is 7. The van der Waals surface area contributed by atoms with E-state index in [-0.39, 0.29) is 5.91 Å². The number of ether oxygens (including phenoxy) is 1. The lowest BCUT2D eigenvalue weighted by molar-refractivity contribution is 0.0920. The van der Waals surface area contributed by atoms with Gasteiger partial charge in [-0.25, -0.2) is 4.98 Å². The standard InChI is InChI=1S/C14H16N2O3S/c1-18-10-11-5-6-12(19-11)14(17)16-8-9-20-13-4-2-3-7-15-13/h2-7H,8-10H2,1H3,(H,16,17). The summed E-state index contributed by atoms with van der Waals surface area (Å²) in [5, 5.41) is 3.75. The van der Waals surface area contributed by atoms with Crippen molar-refractivity contribution >= 4 is 17.7 Å². The van der Waals surface area contributed by atoms with Crippen LogP contribution in [0.1, 0.15) is 16.3 Å². The van der Waals surface area contributed by atoms with Gasteiger partial charge in [-0.2, -0.15) is 0 Å². The predicted molar refractivity (Wildman–Crippen MR) is 76.7 cm³/mol. The number of carbonyl (C=O) groups excluding carboxylic acids is 1. The second-order valence-electron chi connectivity index (χ2n) is 3.97. The lowest BCUT2D eigenvalue weighted by Gasteiger charge is -2.03. The fourth-order valence-electron chi connectivity index (χ4n) is 1.56. The molecule has 1 N–H and O–H groups in total. The normalized spacial score (nSPS) is 10.4. The average Bonchev–Trinajstić information content (AvgIpc) is 2.94. The molecule has 20 heavy (non-hydrogen) atoms. The van der Waals surface area contributed by atoms with E-state index in [1.54, 1.807) is 37.2 Å². The van der Waals surface area contributed by atoms with Gasteiger partial charge in [-0.15, -0.1) is 11.8 Å². The maximum Gasteiger partial charge on any atom is 0.287 e. The fraction of sp³-hybridized carbons (Fsp3) is 0.286. The van der Waals surface area contributed by atoms with Crippen LogP contribution in [0, 0.1) is 0 Å². The molecule has 2 aromatic rings. The molecule has 0 saturated heterocycles. The van der Waals surface area contributed by atoms with E-state index in [9.17, 15) is 4.79 Å². The molecular formula is C14H16N2O3S. The van der Waals surface area contributed by atoms with Crippen LogP contribution in [0.25, 0.3) is 0 Å². The van der Waals surface area contributed by atoms with Gasteiger partial charge in [0.25, 0.3) is 5.91 Å². The first-order valence-corrected chi connectivity index (χ1v) is 7.18. The van der Waals surface area contributed by atoms with Gasteiger partial charge in [0, 0.05) is 25.6 Å². The summed E-state index contributed by atoms with van der Waals surface area (Å²) in [5.41, 5.74) is 0. The molecule has 6 heteroatoms. The minimum absolute atomic E-state index is 0.214. The van der Waals surface area contributed by atoms with Crippen molar-refractivity contribution in [3.05, 3.63) is 48.0 Å². The van der Waals surface area contributed by atoms with Gasteiger partial charge in [-0.1, -0.05) is 6.07 Å². The van der Waals surface area contributed by atoms with E-state index in [1.165, 1.54) is 0 Å². The number of nitrogens with one attached hydrogen (secondary N) is 1. The van der Waals surface area contributed by atoms with Gasteiger partial charge in [0.15, 0.2) is 5.76 Å². The predicted octanol–water partition coefficient (Wildman–Crippen LogP) is 2.34. The highest BCUT2D eigenvalue weighted by Crippen LogP contribution is 2.13. The molecule has 0 saturated carbocycles. The maximum absolute atomic E-state index is 11.8. The van der Waals surface area contributed by atoms with Gasteiger partial charge in [0.1, 0.15) is 12.4 Å². The molecule has 5 nitrogen and oxygen atoms in total. The molecule has 0 atom stereocenters. The molecule has 0 aliphatic rings. The first-order valence-electron chi connectivity index (χ1n) is 6.19. The summed E-state index contributed by atoms with van der Waals surface area (Å²) in [5.74, 6) is 1.49. The summed E-state index contributed by atoms with van der Waals surface area (Å²) < 4.78 is 10.3.